The third-order valence-electron chi connectivity index (χ3n) is 4.06. The Morgan fingerprint density at radius 2 is 2.16 bits per heavy atom. The van der Waals surface area contributed by atoms with Crippen molar-refractivity contribution in [1.82, 2.24) is 4.90 Å². The van der Waals surface area contributed by atoms with E-state index in [1.165, 1.54) is 30.2 Å². The zero-order chi connectivity index (χ0) is 22.6. The zero-order valence-electron chi connectivity index (χ0n) is 16.3. The topological polar surface area (TPSA) is 105 Å². The molecule has 1 aliphatic rings. The summed E-state index contributed by atoms with van der Waals surface area (Å²) in [6.45, 7) is 3.66. The van der Waals surface area contributed by atoms with Gasteiger partial charge in [0.15, 0.2) is 5.17 Å². The van der Waals surface area contributed by atoms with E-state index in [0.717, 1.165) is 23.1 Å². The van der Waals surface area contributed by atoms with Crippen molar-refractivity contribution < 1.29 is 22.7 Å². The molecular weight excluding hydrogens is 482 g/mol. The molecule has 1 atom stereocenters. The number of rotatable bonds is 8. The Balaban J connectivity index is 1.77. The molecule has 1 aromatic carbocycles. The second-order valence-electron chi connectivity index (χ2n) is 6.24. The summed E-state index contributed by atoms with van der Waals surface area (Å²) in [4.78, 5) is 26.5. The van der Waals surface area contributed by atoms with Crippen molar-refractivity contribution in [3.05, 3.63) is 53.4 Å². The Morgan fingerprint density at radius 1 is 1.39 bits per heavy atom. The highest BCUT2D eigenvalue weighted by Gasteiger charge is 2.39. The Hall–Kier alpha value is -2.34. The zero-order valence-corrected chi connectivity index (χ0v) is 19.5. The minimum absolute atomic E-state index is 0.00592. The van der Waals surface area contributed by atoms with Crippen LogP contribution in [0.5, 0.6) is 5.75 Å². The number of benzene rings is 1. The van der Waals surface area contributed by atoms with Crippen LogP contribution in [0.15, 0.2) is 57.7 Å². The predicted molar refractivity (Wildman–Crippen MR) is 123 cm³/mol. The summed E-state index contributed by atoms with van der Waals surface area (Å²) < 4.78 is 34.4. The second kappa shape index (κ2) is 9.86. The van der Waals surface area contributed by atoms with E-state index < -0.39 is 27.1 Å². The summed E-state index contributed by atoms with van der Waals surface area (Å²) >= 11 is 7.62. The van der Waals surface area contributed by atoms with Crippen LogP contribution < -0.4 is 10.1 Å². The number of hydrogen-bond donors (Lipinski definition) is 1. The number of thioether (sulfide) groups is 1. The number of ether oxygens (including phenoxy) is 1. The molecule has 0 aliphatic carbocycles. The summed E-state index contributed by atoms with van der Waals surface area (Å²) in [7, 11) is -2.53. The first kappa shape index (κ1) is 23.3. The second-order valence-corrected chi connectivity index (χ2v) is 11.0. The lowest BCUT2D eigenvalue weighted by Gasteiger charge is -2.13. The lowest BCUT2D eigenvalue weighted by atomic mass is 10.2. The van der Waals surface area contributed by atoms with E-state index in [1.807, 2.05) is 0 Å². The molecule has 12 heteroatoms. The summed E-state index contributed by atoms with van der Waals surface area (Å²) in [5.41, 5.74) is 0.522. The highest BCUT2D eigenvalue weighted by atomic mass is 35.5. The van der Waals surface area contributed by atoms with Crippen LogP contribution in [0.1, 0.15) is 6.42 Å². The molecule has 3 rings (SSSR count). The van der Waals surface area contributed by atoms with Crippen molar-refractivity contribution in [3.8, 4) is 5.75 Å². The van der Waals surface area contributed by atoms with Crippen LogP contribution in [0.4, 0.5) is 5.69 Å². The quantitative estimate of drug-likeness (QED) is 0.556. The fraction of sp³-hybridized carbons (Fsp3) is 0.211. The number of thiophene rings is 1. The van der Waals surface area contributed by atoms with Crippen molar-refractivity contribution in [2.75, 3.05) is 19.0 Å². The molecule has 0 bridgehead atoms. The standard InChI is InChI=1S/C19H18ClN3O5S3/c1-3-9-23-18(25)14(11-16(24)21-12-5-4-6-13(10-12)28-2)29-19(23)22-31(26,27)17-8-7-15(20)30-17/h3-8,10,14H,1,9,11H2,2H3,(H,21,24)/b22-19+. The number of hydrogen-bond acceptors (Lipinski definition) is 7. The number of methoxy groups -OCH3 is 1. The molecule has 1 saturated heterocycles. The monoisotopic (exact) mass is 499 g/mol. The Morgan fingerprint density at radius 3 is 2.81 bits per heavy atom. The molecule has 2 aromatic rings. The lowest BCUT2D eigenvalue weighted by Crippen LogP contribution is -2.33. The van der Waals surface area contributed by atoms with Crippen molar-refractivity contribution in [2.24, 2.45) is 4.40 Å². The van der Waals surface area contributed by atoms with E-state index in [4.69, 9.17) is 16.3 Å². The maximum atomic E-state index is 12.8. The normalized spacial score (nSPS) is 17.7. The number of nitrogens with one attached hydrogen (secondary N) is 1. The van der Waals surface area contributed by atoms with Gasteiger partial charge in [-0.15, -0.1) is 22.3 Å². The van der Waals surface area contributed by atoms with Gasteiger partial charge < -0.3 is 10.1 Å². The number of carbonyl (C=O) groups is 2. The third kappa shape index (κ3) is 5.67. The molecular formula is C19H18ClN3O5S3. The van der Waals surface area contributed by atoms with Gasteiger partial charge in [0.2, 0.25) is 11.8 Å². The molecule has 2 amide bonds. The van der Waals surface area contributed by atoms with Crippen molar-refractivity contribution in [3.63, 3.8) is 0 Å². The number of carbonyl (C=O) groups excluding carboxylic acids is 2. The Bertz CT molecular complexity index is 1150. The van der Waals surface area contributed by atoms with Crippen LogP contribution in [0, 0.1) is 0 Å². The maximum Gasteiger partial charge on any atom is 0.294 e. The summed E-state index contributed by atoms with van der Waals surface area (Å²) in [6.07, 6.45) is 1.31. The summed E-state index contributed by atoms with van der Waals surface area (Å²) in [5, 5.41) is 1.89. The fourth-order valence-electron chi connectivity index (χ4n) is 2.67. The molecule has 31 heavy (non-hydrogen) atoms. The molecule has 164 valence electrons. The van der Waals surface area contributed by atoms with Crippen LogP contribution in [0.25, 0.3) is 0 Å². The number of nitrogens with zero attached hydrogens (tertiary/aromatic N) is 2. The number of halogens is 1. The van der Waals surface area contributed by atoms with Crippen LogP contribution in [0.3, 0.4) is 0 Å². The van der Waals surface area contributed by atoms with Gasteiger partial charge in [0.1, 0.15) is 15.2 Å². The van der Waals surface area contributed by atoms with Gasteiger partial charge in [0.05, 0.1) is 11.4 Å². The minimum Gasteiger partial charge on any atom is -0.497 e. The van der Waals surface area contributed by atoms with Gasteiger partial charge in [-0.25, -0.2) is 0 Å². The number of sulfonamides is 1. The molecule has 0 spiro atoms. The van der Waals surface area contributed by atoms with E-state index in [-0.39, 0.29) is 22.3 Å². The van der Waals surface area contributed by atoms with Gasteiger partial charge in [-0.05, 0) is 24.3 Å². The van der Waals surface area contributed by atoms with Gasteiger partial charge in [0, 0.05) is 24.7 Å². The molecule has 0 saturated carbocycles. The average Bonchev–Trinajstić information content (AvgIpc) is 3.28. The number of amides is 2. The van der Waals surface area contributed by atoms with Crippen molar-refractivity contribution in [2.45, 2.75) is 15.9 Å². The number of amidine groups is 1. The fourth-order valence-corrected chi connectivity index (χ4v) is 6.50. The van der Waals surface area contributed by atoms with E-state index in [0.29, 0.717) is 15.8 Å². The van der Waals surface area contributed by atoms with Gasteiger partial charge in [0.25, 0.3) is 10.0 Å². The third-order valence-corrected chi connectivity index (χ3v) is 8.31. The maximum absolute atomic E-state index is 12.8. The predicted octanol–water partition coefficient (Wildman–Crippen LogP) is 3.61. The molecule has 1 N–H and O–H groups in total. The van der Waals surface area contributed by atoms with Crippen LogP contribution in [0.2, 0.25) is 4.34 Å². The minimum atomic E-state index is -4.05. The van der Waals surface area contributed by atoms with Gasteiger partial charge in [-0.1, -0.05) is 35.5 Å². The first-order valence-corrected chi connectivity index (χ1v) is 12.4. The van der Waals surface area contributed by atoms with Gasteiger partial charge in [-0.3, -0.25) is 14.5 Å². The van der Waals surface area contributed by atoms with Gasteiger partial charge >= 0.3 is 0 Å². The largest absolute Gasteiger partial charge is 0.497 e. The van der Waals surface area contributed by atoms with Crippen LogP contribution in [-0.2, 0) is 19.6 Å². The first-order chi connectivity index (χ1) is 14.7. The molecule has 1 unspecified atom stereocenters. The van der Waals surface area contributed by atoms with E-state index in [1.54, 1.807) is 24.3 Å². The summed E-state index contributed by atoms with van der Waals surface area (Å²) in [5.74, 6) is -0.231. The highest BCUT2D eigenvalue weighted by Crippen LogP contribution is 2.33. The SMILES string of the molecule is C=CCN1C(=O)C(CC(=O)Nc2cccc(OC)c2)S/C1=N/S(=O)(=O)c1ccc(Cl)s1. The summed E-state index contributed by atoms with van der Waals surface area (Å²) in [6, 6.07) is 9.62. The Kier molecular flexibility index (Phi) is 7.42. The van der Waals surface area contributed by atoms with Gasteiger partial charge in [-0.2, -0.15) is 8.42 Å². The average molecular weight is 500 g/mol. The van der Waals surface area contributed by atoms with E-state index in [9.17, 15) is 18.0 Å². The molecule has 8 nitrogen and oxygen atoms in total. The highest BCUT2D eigenvalue weighted by molar-refractivity contribution is 8.16. The van der Waals surface area contributed by atoms with Crippen LogP contribution in [-0.4, -0.2) is 49.2 Å². The molecule has 1 aromatic heterocycles. The lowest BCUT2D eigenvalue weighted by molar-refractivity contribution is -0.127. The molecule has 2 heterocycles. The van der Waals surface area contributed by atoms with Crippen LogP contribution >= 0.6 is 34.7 Å². The molecule has 1 fully saturated rings. The van der Waals surface area contributed by atoms with Crippen molar-refractivity contribution >= 4 is 67.4 Å². The van der Waals surface area contributed by atoms with Crippen molar-refractivity contribution in [1.29, 1.82) is 0 Å². The smallest absolute Gasteiger partial charge is 0.294 e. The number of anilines is 1. The van der Waals surface area contributed by atoms with E-state index in [2.05, 4.69) is 16.3 Å². The first-order valence-electron chi connectivity index (χ1n) is 8.86. The molecule has 1 aliphatic heterocycles. The Labute approximate surface area is 193 Å². The molecule has 0 radical (unpaired) electrons. The van der Waals surface area contributed by atoms with E-state index >= 15 is 0 Å².